The van der Waals surface area contributed by atoms with Crippen molar-refractivity contribution in [2.24, 2.45) is 0 Å². The number of thiocarbonyl (C=S) groups is 1. The number of esters is 1. The number of nitrogens with zero attached hydrogens (tertiary/aromatic N) is 1. The van der Waals surface area contributed by atoms with Crippen molar-refractivity contribution in [2.75, 3.05) is 33.4 Å². The number of methoxy groups -OCH3 is 1. The van der Waals surface area contributed by atoms with Gasteiger partial charge in [0.15, 0.2) is 5.11 Å². The Labute approximate surface area is 197 Å². The Hall–Kier alpha value is -3.66. The van der Waals surface area contributed by atoms with Crippen molar-refractivity contribution in [2.45, 2.75) is 12.5 Å². The fraction of sp³-hybridized carbons (Fsp3) is 0.304. The number of nitrogens with one attached hydrogen (secondary N) is 2. The van der Waals surface area contributed by atoms with Gasteiger partial charge < -0.3 is 24.4 Å². The monoisotopic (exact) mass is 471 g/mol. The smallest absolute Gasteiger partial charge is 0.308 e. The van der Waals surface area contributed by atoms with E-state index in [1.165, 1.54) is 12.0 Å². The fourth-order valence-corrected chi connectivity index (χ4v) is 3.59. The van der Waals surface area contributed by atoms with Crippen LogP contribution in [0.5, 0.6) is 11.5 Å². The number of amides is 2. The fourth-order valence-electron chi connectivity index (χ4n) is 3.28. The SMILES string of the molecule is COc1ccccc1C(=O)NC(=S)N1CCNC(=O)C1CC(=O)OCCOc1ccccc1. The summed E-state index contributed by atoms with van der Waals surface area (Å²) in [5, 5.41) is 5.38. The molecule has 0 aliphatic carbocycles. The van der Waals surface area contributed by atoms with E-state index in [0.717, 1.165) is 0 Å². The van der Waals surface area contributed by atoms with E-state index in [2.05, 4.69) is 10.6 Å². The zero-order valence-corrected chi connectivity index (χ0v) is 18.9. The highest BCUT2D eigenvalue weighted by Crippen LogP contribution is 2.18. The van der Waals surface area contributed by atoms with Crippen LogP contribution in [0.2, 0.25) is 0 Å². The van der Waals surface area contributed by atoms with E-state index in [4.69, 9.17) is 26.4 Å². The minimum Gasteiger partial charge on any atom is -0.496 e. The second-order valence-corrected chi connectivity index (χ2v) is 7.43. The van der Waals surface area contributed by atoms with Crippen molar-refractivity contribution >= 4 is 35.1 Å². The van der Waals surface area contributed by atoms with E-state index >= 15 is 0 Å². The third-order valence-corrected chi connectivity index (χ3v) is 5.22. The van der Waals surface area contributed by atoms with Crippen LogP contribution in [0.15, 0.2) is 54.6 Å². The van der Waals surface area contributed by atoms with Crippen molar-refractivity contribution < 1.29 is 28.6 Å². The molecule has 0 bridgehead atoms. The van der Waals surface area contributed by atoms with Crippen LogP contribution in [-0.4, -0.2) is 67.3 Å². The van der Waals surface area contributed by atoms with Crippen LogP contribution in [-0.2, 0) is 14.3 Å². The van der Waals surface area contributed by atoms with Crippen molar-refractivity contribution in [3.8, 4) is 11.5 Å². The first-order valence-electron chi connectivity index (χ1n) is 10.4. The predicted molar refractivity (Wildman–Crippen MR) is 124 cm³/mol. The van der Waals surface area contributed by atoms with Gasteiger partial charge in [0.2, 0.25) is 5.91 Å². The van der Waals surface area contributed by atoms with Gasteiger partial charge in [-0.1, -0.05) is 30.3 Å². The van der Waals surface area contributed by atoms with Crippen LogP contribution in [0.4, 0.5) is 0 Å². The Kier molecular flexibility index (Phi) is 8.59. The molecular weight excluding hydrogens is 446 g/mol. The summed E-state index contributed by atoms with van der Waals surface area (Å²) in [6.07, 6.45) is -0.220. The van der Waals surface area contributed by atoms with Gasteiger partial charge >= 0.3 is 5.97 Å². The Morgan fingerprint density at radius 3 is 2.61 bits per heavy atom. The average molecular weight is 472 g/mol. The molecule has 10 heteroatoms. The summed E-state index contributed by atoms with van der Waals surface area (Å²) in [5.74, 6) is -0.345. The highest BCUT2D eigenvalue weighted by Gasteiger charge is 2.34. The molecule has 0 spiro atoms. The molecule has 2 N–H and O–H groups in total. The number of piperazine rings is 1. The first kappa shape index (κ1) is 24.0. The number of rotatable bonds is 8. The minimum absolute atomic E-state index is 0.0387. The van der Waals surface area contributed by atoms with Gasteiger partial charge in [0, 0.05) is 13.1 Å². The quantitative estimate of drug-likeness (QED) is 0.339. The molecule has 1 aliphatic rings. The number of benzene rings is 2. The first-order chi connectivity index (χ1) is 16.0. The predicted octanol–water partition coefficient (Wildman–Crippen LogP) is 1.52. The third kappa shape index (κ3) is 6.66. The number of hydrogen-bond acceptors (Lipinski definition) is 7. The van der Waals surface area contributed by atoms with Crippen LogP contribution in [0.3, 0.4) is 0 Å². The first-order valence-corrected chi connectivity index (χ1v) is 10.8. The highest BCUT2D eigenvalue weighted by atomic mass is 32.1. The van der Waals surface area contributed by atoms with Gasteiger partial charge in [-0.15, -0.1) is 0 Å². The molecule has 1 unspecified atom stereocenters. The van der Waals surface area contributed by atoms with Gasteiger partial charge in [0.05, 0.1) is 19.1 Å². The summed E-state index contributed by atoms with van der Waals surface area (Å²) >= 11 is 5.37. The maximum absolute atomic E-state index is 12.7. The maximum atomic E-state index is 12.7. The Bertz CT molecular complexity index is 1000. The zero-order chi connectivity index (χ0) is 23.6. The number of carbonyl (C=O) groups excluding carboxylic acids is 3. The topological polar surface area (TPSA) is 106 Å². The van der Waals surface area contributed by atoms with Gasteiger partial charge in [-0.05, 0) is 36.5 Å². The van der Waals surface area contributed by atoms with E-state index in [1.807, 2.05) is 18.2 Å². The summed E-state index contributed by atoms with van der Waals surface area (Å²) < 4.78 is 15.9. The van der Waals surface area contributed by atoms with Gasteiger partial charge in [-0.25, -0.2) is 0 Å². The second-order valence-electron chi connectivity index (χ2n) is 7.05. The molecule has 1 saturated heterocycles. The summed E-state index contributed by atoms with van der Waals surface area (Å²) in [6.45, 7) is 0.895. The van der Waals surface area contributed by atoms with E-state index in [1.54, 1.807) is 36.4 Å². The lowest BCUT2D eigenvalue weighted by Gasteiger charge is -2.36. The number of para-hydroxylation sites is 2. The van der Waals surface area contributed by atoms with Crippen LogP contribution >= 0.6 is 12.2 Å². The Morgan fingerprint density at radius 2 is 1.85 bits per heavy atom. The molecule has 0 radical (unpaired) electrons. The van der Waals surface area contributed by atoms with Crippen LogP contribution in [0, 0.1) is 0 Å². The van der Waals surface area contributed by atoms with Crippen LogP contribution < -0.4 is 20.1 Å². The molecule has 1 atom stereocenters. The molecule has 33 heavy (non-hydrogen) atoms. The zero-order valence-electron chi connectivity index (χ0n) is 18.1. The highest BCUT2D eigenvalue weighted by molar-refractivity contribution is 7.80. The molecule has 3 rings (SSSR count). The van der Waals surface area contributed by atoms with Crippen molar-refractivity contribution in [3.05, 3.63) is 60.2 Å². The second kappa shape index (κ2) is 11.8. The molecule has 1 heterocycles. The summed E-state index contributed by atoms with van der Waals surface area (Å²) in [4.78, 5) is 39.0. The minimum atomic E-state index is -0.897. The number of carbonyl (C=O) groups is 3. The number of hydrogen-bond donors (Lipinski definition) is 2. The molecular formula is C23H25N3O6S. The lowest BCUT2D eigenvalue weighted by atomic mass is 10.1. The average Bonchev–Trinajstić information content (AvgIpc) is 2.83. The van der Waals surface area contributed by atoms with Crippen LogP contribution in [0.1, 0.15) is 16.8 Å². The third-order valence-electron chi connectivity index (χ3n) is 4.88. The summed E-state index contributed by atoms with van der Waals surface area (Å²) in [7, 11) is 1.46. The molecule has 174 valence electrons. The van der Waals surface area contributed by atoms with Gasteiger partial charge in [-0.2, -0.15) is 0 Å². The molecule has 9 nitrogen and oxygen atoms in total. The molecule has 2 aromatic carbocycles. The van der Waals surface area contributed by atoms with Gasteiger partial charge in [-0.3, -0.25) is 19.7 Å². The van der Waals surface area contributed by atoms with E-state index in [9.17, 15) is 14.4 Å². The molecule has 2 amide bonds. The van der Waals surface area contributed by atoms with Crippen molar-refractivity contribution in [1.82, 2.24) is 15.5 Å². The summed E-state index contributed by atoms with van der Waals surface area (Å²) in [5.41, 5.74) is 0.304. The maximum Gasteiger partial charge on any atom is 0.308 e. The lowest BCUT2D eigenvalue weighted by molar-refractivity contribution is -0.148. The van der Waals surface area contributed by atoms with Gasteiger partial charge in [0.25, 0.3) is 5.91 Å². The molecule has 0 saturated carbocycles. The normalized spacial score (nSPS) is 15.2. The standard InChI is InChI=1S/C23H25N3O6S/c1-30-19-10-6-5-9-17(19)21(28)25-23(33)26-12-11-24-22(29)18(26)15-20(27)32-14-13-31-16-7-3-2-4-8-16/h2-10,18H,11-15H2,1H3,(H,24,29)(H,25,28,33). The lowest BCUT2D eigenvalue weighted by Crippen LogP contribution is -2.60. The Morgan fingerprint density at radius 1 is 1.12 bits per heavy atom. The molecule has 2 aromatic rings. The number of ether oxygens (including phenoxy) is 3. The van der Waals surface area contributed by atoms with E-state index in [-0.39, 0.29) is 30.7 Å². The van der Waals surface area contributed by atoms with Crippen LogP contribution in [0.25, 0.3) is 0 Å². The molecule has 1 fully saturated rings. The van der Waals surface area contributed by atoms with E-state index < -0.39 is 17.9 Å². The van der Waals surface area contributed by atoms with Gasteiger partial charge in [0.1, 0.15) is 30.8 Å². The Balaban J connectivity index is 1.54. The van der Waals surface area contributed by atoms with Crippen molar-refractivity contribution in [1.29, 1.82) is 0 Å². The summed E-state index contributed by atoms with van der Waals surface area (Å²) in [6, 6.07) is 15.0. The van der Waals surface area contributed by atoms with E-state index in [0.29, 0.717) is 30.2 Å². The molecule has 0 aromatic heterocycles. The molecule has 1 aliphatic heterocycles. The largest absolute Gasteiger partial charge is 0.496 e. The van der Waals surface area contributed by atoms with Crippen molar-refractivity contribution in [3.63, 3.8) is 0 Å².